The molecular formula is C13H16F11N3O. The van der Waals surface area contributed by atoms with E-state index in [9.17, 15) is 48.3 Å². The summed E-state index contributed by atoms with van der Waals surface area (Å²) in [5, 5.41) is 0. The molecule has 166 valence electrons. The molecule has 2 aliphatic heterocycles. The average molecular weight is 439 g/mol. The minimum Gasteiger partial charge on any atom is -0.346 e. The second kappa shape index (κ2) is 8.45. The van der Waals surface area contributed by atoms with Crippen LogP contribution in [0, 0.1) is 0 Å². The Morgan fingerprint density at radius 2 is 1.43 bits per heavy atom. The van der Waals surface area contributed by atoms with Crippen LogP contribution in [0.2, 0.25) is 0 Å². The second-order valence-corrected chi connectivity index (χ2v) is 5.85. The maximum absolute atomic E-state index is 12.0. The quantitative estimate of drug-likeness (QED) is 0.620. The minimum absolute atomic E-state index is 1.02. The van der Waals surface area contributed by atoms with Crippen molar-refractivity contribution < 1.29 is 53.0 Å². The number of hydrogen-bond acceptors (Lipinski definition) is 4. The van der Waals surface area contributed by atoms with Crippen LogP contribution < -0.4 is 0 Å². The fourth-order valence-corrected chi connectivity index (χ4v) is 2.26. The highest BCUT2D eigenvalue weighted by atomic mass is 19.4. The van der Waals surface area contributed by atoms with Crippen LogP contribution in [0.5, 0.6) is 0 Å². The van der Waals surface area contributed by atoms with Gasteiger partial charge in [-0.25, -0.2) is 13.5 Å². The van der Waals surface area contributed by atoms with E-state index in [1.54, 1.807) is 4.74 Å². The van der Waals surface area contributed by atoms with Crippen LogP contribution in [0.25, 0.3) is 0 Å². The lowest BCUT2D eigenvalue weighted by molar-refractivity contribution is -0.483. The number of guanidine groups is 1. The number of halogens is 11. The highest BCUT2D eigenvalue weighted by Crippen LogP contribution is 2.49. The van der Waals surface area contributed by atoms with Gasteiger partial charge in [-0.3, -0.25) is 4.99 Å². The van der Waals surface area contributed by atoms with Crippen molar-refractivity contribution >= 4 is 5.96 Å². The molecular weight excluding hydrogens is 423 g/mol. The third-order valence-corrected chi connectivity index (χ3v) is 3.63. The third-order valence-electron chi connectivity index (χ3n) is 3.63. The molecule has 0 aliphatic carbocycles. The molecule has 2 heterocycles. The van der Waals surface area contributed by atoms with Gasteiger partial charge < -0.3 is 9.80 Å². The maximum Gasteiger partial charge on any atom is 0.462 e. The number of hydrogen-bond donors (Lipinski definition) is 0. The van der Waals surface area contributed by atoms with E-state index in [-0.39, 0.29) is 0 Å². The van der Waals surface area contributed by atoms with Crippen LogP contribution in [0.3, 0.4) is 0 Å². The molecule has 2 rings (SSSR count). The van der Waals surface area contributed by atoms with Gasteiger partial charge in [-0.15, -0.1) is 0 Å². The van der Waals surface area contributed by atoms with Crippen LogP contribution >= 0.6 is 0 Å². The Kier molecular flexibility index (Phi) is 7.39. The van der Waals surface area contributed by atoms with Gasteiger partial charge in [0.05, 0.1) is 0 Å². The molecule has 0 aromatic heterocycles. The lowest BCUT2D eigenvalue weighted by Crippen LogP contribution is -2.56. The summed E-state index contributed by atoms with van der Waals surface area (Å²) in [4.78, 5) is 9.16. The van der Waals surface area contributed by atoms with E-state index >= 15 is 0 Å². The average Bonchev–Trinajstić information content (AvgIpc) is 2.53. The highest BCUT2D eigenvalue weighted by molar-refractivity contribution is 5.81. The van der Waals surface area contributed by atoms with E-state index in [1.165, 1.54) is 38.4 Å². The van der Waals surface area contributed by atoms with E-state index in [1.807, 2.05) is 0 Å². The van der Waals surface area contributed by atoms with Crippen LogP contribution in [-0.4, -0.2) is 79.7 Å². The van der Waals surface area contributed by atoms with E-state index in [0.717, 1.165) is 6.54 Å². The summed E-state index contributed by atoms with van der Waals surface area (Å²) in [5.41, 5.74) is 0. The first-order chi connectivity index (χ1) is 12.5. The van der Waals surface area contributed by atoms with Gasteiger partial charge in [0.15, 0.2) is 5.96 Å². The first kappa shape index (κ1) is 24.5. The van der Waals surface area contributed by atoms with Gasteiger partial charge in [-0.1, -0.05) is 0 Å². The van der Waals surface area contributed by atoms with Gasteiger partial charge >= 0.3 is 30.7 Å². The Morgan fingerprint density at radius 3 is 1.89 bits per heavy atom. The number of aliphatic imine (C=N–C) groups is 1. The van der Waals surface area contributed by atoms with Crippen molar-refractivity contribution in [2.75, 3.05) is 33.2 Å². The summed E-state index contributed by atoms with van der Waals surface area (Å²) in [7, 11) is 2.14. The number of rotatable bonds is 4. The monoisotopic (exact) mass is 439 g/mol. The van der Waals surface area contributed by atoms with Gasteiger partial charge in [0.2, 0.25) is 0 Å². The largest absolute Gasteiger partial charge is 0.462 e. The smallest absolute Gasteiger partial charge is 0.346 e. The van der Waals surface area contributed by atoms with Gasteiger partial charge in [0.1, 0.15) is 0 Å². The molecule has 0 unspecified atom stereocenters. The lowest BCUT2D eigenvalue weighted by atomic mass is 10.2. The summed E-state index contributed by atoms with van der Waals surface area (Å²) < 4.78 is 130. The summed E-state index contributed by atoms with van der Waals surface area (Å²) in [6.45, 7) is 4.62. The molecule has 0 bridgehead atoms. The van der Waals surface area contributed by atoms with Crippen molar-refractivity contribution in [3.05, 3.63) is 0 Å². The Hall–Kier alpha value is -1.54. The van der Waals surface area contributed by atoms with Crippen LogP contribution in [0.1, 0.15) is 12.8 Å². The van der Waals surface area contributed by atoms with Gasteiger partial charge in [0.25, 0.3) is 0 Å². The standard InChI is InChI=1S/C8H15N3.C5HF11O/c1-10-5-3-7-11-6-2-4-9-8(10)11;6-1(7)2(8,9)17-5(15,16)3(10,11)4(12,13)14/h2-7H2,1H3;1H. The lowest BCUT2D eigenvalue weighted by Gasteiger charge is -2.39. The van der Waals surface area contributed by atoms with Crippen molar-refractivity contribution in [2.24, 2.45) is 4.99 Å². The summed E-state index contributed by atoms with van der Waals surface area (Å²) in [5.74, 6) is -5.82. The molecule has 0 amide bonds. The van der Waals surface area contributed by atoms with E-state index < -0.39 is 30.7 Å². The zero-order valence-electron chi connectivity index (χ0n) is 14.2. The highest BCUT2D eigenvalue weighted by Gasteiger charge is 2.77. The Labute approximate surface area is 151 Å². The second-order valence-electron chi connectivity index (χ2n) is 5.85. The van der Waals surface area contributed by atoms with E-state index in [4.69, 9.17) is 0 Å². The molecule has 0 atom stereocenters. The molecule has 1 fully saturated rings. The van der Waals surface area contributed by atoms with Gasteiger partial charge in [-0.2, -0.15) is 39.5 Å². The van der Waals surface area contributed by atoms with E-state index in [0.29, 0.717) is 0 Å². The van der Waals surface area contributed by atoms with Crippen molar-refractivity contribution in [2.45, 2.75) is 43.6 Å². The van der Waals surface area contributed by atoms with Crippen LogP contribution in [-0.2, 0) is 4.74 Å². The van der Waals surface area contributed by atoms with E-state index in [2.05, 4.69) is 21.8 Å². The number of fused-ring (bicyclic) bond motifs is 1. The maximum atomic E-state index is 12.0. The van der Waals surface area contributed by atoms with Crippen LogP contribution in [0.4, 0.5) is 48.3 Å². The number of nitrogens with zero attached hydrogens (tertiary/aromatic N) is 3. The number of ether oxygens (including phenoxy) is 1. The summed E-state index contributed by atoms with van der Waals surface area (Å²) >= 11 is 0. The first-order valence-corrected chi connectivity index (χ1v) is 7.72. The Morgan fingerprint density at radius 1 is 0.893 bits per heavy atom. The molecule has 2 aliphatic rings. The van der Waals surface area contributed by atoms with Crippen LogP contribution in [0.15, 0.2) is 4.99 Å². The normalized spacial score (nSPS) is 19.1. The zero-order valence-corrected chi connectivity index (χ0v) is 14.2. The molecule has 0 N–H and O–H groups in total. The molecule has 0 saturated carbocycles. The molecule has 0 aromatic carbocycles. The topological polar surface area (TPSA) is 28.1 Å². The molecule has 0 spiro atoms. The summed E-state index contributed by atoms with van der Waals surface area (Å²) in [6.07, 6.45) is -22.4. The zero-order chi connectivity index (χ0) is 22.0. The Bertz CT molecular complexity index is 550. The first-order valence-electron chi connectivity index (χ1n) is 7.72. The molecule has 1 saturated heterocycles. The molecule has 15 heteroatoms. The molecule has 0 radical (unpaired) electrons. The SMILES string of the molecule is CN1CCCN2CCCN=C12.FC(F)C(F)(F)OC(F)(F)C(F)(F)C(F)(F)F. The Balaban J connectivity index is 0.000000302. The van der Waals surface area contributed by atoms with Gasteiger partial charge in [0, 0.05) is 33.2 Å². The van der Waals surface area contributed by atoms with Crippen molar-refractivity contribution in [1.82, 2.24) is 9.80 Å². The number of alkyl halides is 11. The third kappa shape index (κ3) is 5.50. The van der Waals surface area contributed by atoms with Crippen molar-refractivity contribution in [3.63, 3.8) is 0 Å². The fourth-order valence-electron chi connectivity index (χ4n) is 2.26. The van der Waals surface area contributed by atoms with Crippen molar-refractivity contribution in [3.8, 4) is 0 Å². The van der Waals surface area contributed by atoms with Gasteiger partial charge in [-0.05, 0) is 12.8 Å². The predicted molar refractivity (Wildman–Crippen MR) is 73.7 cm³/mol. The summed E-state index contributed by atoms with van der Waals surface area (Å²) in [6, 6.07) is 0. The minimum atomic E-state index is -7.04. The molecule has 0 aromatic rings. The fraction of sp³-hybridized carbons (Fsp3) is 0.923. The molecule has 4 nitrogen and oxygen atoms in total. The van der Waals surface area contributed by atoms with Crippen molar-refractivity contribution in [1.29, 1.82) is 0 Å². The molecule has 28 heavy (non-hydrogen) atoms. The predicted octanol–water partition coefficient (Wildman–Crippen LogP) is 4.03.